The number of aromatic nitrogens is 5. The van der Waals surface area contributed by atoms with E-state index in [1.54, 1.807) is 23.2 Å². The van der Waals surface area contributed by atoms with Crippen molar-refractivity contribution >= 4 is 39.6 Å². The quantitative estimate of drug-likeness (QED) is 0.347. The molecule has 9 heteroatoms. The van der Waals surface area contributed by atoms with Crippen LogP contribution < -0.4 is 11.0 Å². The van der Waals surface area contributed by atoms with Crippen LogP contribution in [-0.2, 0) is 13.6 Å². The minimum Gasteiger partial charge on any atom is -0.349 e. The maximum absolute atomic E-state index is 13.8. The molecule has 38 heavy (non-hydrogen) atoms. The second-order valence-corrected chi connectivity index (χ2v) is 10.7. The highest BCUT2D eigenvalue weighted by atomic mass is 35.5. The van der Waals surface area contributed by atoms with Crippen LogP contribution in [0.15, 0.2) is 65.8 Å². The van der Waals surface area contributed by atoms with E-state index in [9.17, 15) is 9.59 Å². The fourth-order valence-electron chi connectivity index (χ4n) is 5.64. The molecule has 6 rings (SSSR count). The molecule has 0 unspecified atom stereocenters. The number of carbonyl (C=O) groups is 1. The summed E-state index contributed by atoms with van der Waals surface area (Å²) in [6.45, 7) is 2.46. The van der Waals surface area contributed by atoms with Crippen LogP contribution in [0.3, 0.4) is 0 Å². The average Bonchev–Trinajstić information content (AvgIpc) is 3.43. The van der Waals surface area contributed by atoms with Crippen molar-refractivity contribution in [3.05, 3.63) is 87.8 Å². The Labute approximate surface area is 224 Å². The van der Waals surface area contributed by atoms with Gasteiger partial charge in [-0.15, -0.1) is 0 Å². The highest BCUT2D eigenvalue weighted by molar-refractivity contribution is 6.30. The first-order chi connectivity index (χ1) is 18.4. The molecule has 1 aliphatic rings. The van der Waals surface area contributed by atoms with Gasteiger partial charge in [0.2, 0.25) is 0 Å². The van der Waals surface area contributed by atoms with Crippen LogP contribution in [0, 0.1) is 12.8 Å². The van der Waals surface area contributed by atoms with E-state index in [0.717, 1.165) is 53.4 Å². The first-order valence-corrected chi connectivity index (χ1v) is 13.3. The third-order valence-electron chi connectivity index (χ3n) is 7.72. The number of benzene rings is 2. The number of imidazole rings is 2. The van der Waals surface area contributed by atoms with Crippen LogP contribution in [0.5, 0.6) is 0 Å². The zero-order chi connectivity index (χ0) is 26.4. The SMILES string of the molecule is Cc1ncc(Cl)cc1C(=O)NC1CCC(Cn2c(=O)n(-c3ccc4ncn(C)c4c3)c3ccccc32)CC1. The Kier molecular flexibility index (Phi) is 6.27. The summed E-state index contributed by atoms with van der Waals surface area (Å²) >= 11 is 6.05. The summed E-state index contributed by atoms with van der Waals surface area (Å²) in [6, 6.07) is 15.7. The van der Waals surface area contributed by atoms with Crippen LogP contribution in [0.2, 0.25) is 5.02 Å². The van der Waals surface area contributed by atoms with Gasteiger partial charge >= 0.3 is 5.69 Å². The van der Waals surface area contributed by atoms with Gasteiger partial charge in [-0.1, -0.05) is 23.7 Å². The summed E-state index contributed by atoms with van der Waals surface area (Å²) in [5.41, 5.74) is 5.69. The normalized spacial score (nSPS) is 17.8. The van der Waals surface area contributed by atoms with Crippen molar-refractivity contribution in [1.29, 1.82) is 0 Å². The molecule has 1 amide bonds. The number of aryl methyl sites for hydroxylation is 2. The fraction of sp³-hybridized carbons (Fsp3) is 0.310. The first kappa shape index (κ1) is 24.4. The van der Waals surface area contributed by atoms with Crippen molar-refractivity contribution in [2.45, 2.75) is 45.2 Å². The van der Waals surface area contributed by atoms with Gasteiger partial charge < -0.3 is 9.88 Å². The molecule has 0 radical (unpaired) electrons. The van der Waals surface area contributed by atoms with E-state index in [2.05, 4.69) is 15.3 Å². The molecule has 3 aromatic heterocycles. The number of fused-ring (bicyclic) bond motifs is 2. The highest BCUT2D eigenvalue weighted by Crippen LogP contribution is 2.28. The number of pyridine rings is 1. The number of nitrogens with zero attached hydrogens (tertiary/aromatic N) is 5. The summed E-state index contributed by atoms with van der Waals surface area (Å²) < 4.78 is 5.67. The van der Waals surface area contributed by atoms with Gasteiger partial charge in [0, 0.05) is 25.8 Å². The molecule has 1 saturated carbocycles. The van der Waals surface area contributed by atoms with Crippen molar-refractivity contribution < 1.29 is 4.79 Å². The van der Waals surface area contributed by atoms with Gasteiger partial charge in [0.1, 0.15) is 0 Å². The lowest BCUT2D eigenvalue weighted by molar-refractivity contribution is 0.0919. The molecule has 5 aromatic rings. The molecule has 8 nitrogen and oxygen atoms in total. The maximum atomic E-state index is 13.8. The number of nitrogens with one attached hydrogen (secondary N) is 1. The Morgan fingerprint density at radius 3 is 2.58 bits per heavy atom. The number of para-hydroxylation sites is 2. The Bertz CT molecular complexity index is 1720. The van der Waals surface area contributed by atoms with Crippen molar-refractivity contribution in [3.8, 4) is 5.69 Å². The van der Waals surface area contributed by atoms with E-state index in [1.165, 1.54) is 0 Å². The molecular formula is C29H29ClN6O2. The summed E-state index contributed by atoms with van der Waals surface area (Å²) in [4.78, 5) is 35.2. The van der Waals surface area contributed by atoms with Gasteiger partial charge in [-0.25, -0.2) is 9.78 Å². The monoisotopic (exact) mass is 528 g/mol. The van der Waals surface area contributed by atoms with Crippen LogP contribution in [0.1, 0.15) is 41.7 Å². The standard InChI is InChI=1S/C29H29ClN6O2/c1-18-23(13-20(30)15-31-18)28(37)33-21-9-7-19(8-10-21)16-35-25-5-3-4-6-26(25)36(29(35)38)22-11-12-24-27(14-22)34(2)17-32-24/h3-6,11-15,17,19,21H,7-10,16H2,1-2H3,(H,33,37). The molecular weight excluding hydrogens is 500 g/mol. The average molecular weight is 529 g/mol. The van der Waals surface area contributed by atoms with Crippen molar-refractivity contribution in [3.63, 3.8) is 0 Å². The molecule has 2 aromatic carbocycles. The van der Waals surface area contributed by atoms with E-state index < -0.39 is 0 Å². The van der Waals surface area contributed by atoms with E-state index in [4.69, 9.17) is 11.6 Å². The largest absolute Gasteiger partial charge is 0.349 e. The van der Waals surface area contributed by atoms with Crippen LogP contribution >= 0.6 is 11.6 Å². The van der Waals surface area contributed by atoms with E-state index in [1.807, 2.05) is 65.6 Å². The van der Waals surface area contributed by atoms with E-state index in [0.29, 0.717) is 28.7 Å². The lowest BCUT2D eigenvalue weighted by Gasteiger charge is -2.29. The van der Waals surface area contributed by atoms with Gasteiger partial charge in [-0.2, -0.15) is 0 Å². The van der Waals surface area contributed by atoms with Crippen molar-refractivity contribution in [1.82, 2.24) is 29.0 Å². The second kappa shape index (κ2) is 9.76. The minimum atomic E-state index is -0.134. The lowest BCUT2D eigenvalue weighted by Crippen LogP contribution is -2.39. The molecule has 0 bridgehead atoms. The van der Waals surface area contributed by atoms with Crippen molar-refractivity contribution in [2.75, 3.05) is 0 Å². The summed E-state index contributed by atoms with van der Waals surface area (Å²) in [6.07, 6.45) is 6.94. The topological polar surface area (TPSA) is 86.7 Å². The minimum absolute atomic E-state index is 0.0351. The van der Waals surface area contributed by atoms with Crippen LogP contribution in [-0.4, -0.2) is 35.6 Å². The third kappa shape index (κ3) is 4.39. The van der Waals surface area contributed by atoms with E-state index in [-0.39, 0.29) is 17.6 Å². The second-order valence-electron chi connectivity index (χ2n) is 10.2. The Morgan fingerprint density at radius 1 is 1.03 bits per heavy atom. The van der Waals surface area contributed by atoms with E-state index >= 15 is 0 Å². The fourth-order valence-corrected chi connectivity index (χ4v) is 5.79. The Morgan fingerprint density at radius 2 is 1.79 bits per heavy atom. The summed E-state index contributed by atoms with van der Waals surface area (Å²) in [5.74, 6) is 0.222. The number of halogens is 1. The summed E-state index contributed by atoms with van der Waals surface area (Å²) in [5, 5.41) is 3.61. The van der Waals surface area contributed by atoms with Gasteiger partial charge in [0.05, 0.1) is 50.4 Å². The Hall–Kier alpha value is -3.91. The maximum Gasteiger partial charge on any atom is 0.333 e. The third-order valence-corrected chi connectivity index (χ3v) is 7.93. The molecule has 0 atom stereocenters. The molecule has 1 aliphatic carbocycles. The van der Waals surface area contributed by atoms with Gasteiger partial charge in [0.25, 0.3) is 5.91 Å². The molecule has 3 heterocycles. The summed E-state index contributed by atoms with van der Waals surface area (Å²) in [7, 11) is 1.96. The zero-order valence-electron chi connectivity index (χ0n) is 21.4. The highest BCUT2D eigenvalue weighted by Gasteiger charge is 2.26. The Balaban J connectivity index is 1.21. The number of amides is 1. The zero-order valence-corrected chi connectivity index (χ0v) is 22.2. The van der Waals surface area contributed by atoms with Crippen LogP contribution in [0.25, 0.3) is 27.8 Å². The molecule has 194 valence electrons. The lowest BCUT2D eigenvalue weighted by atomic mass is 9.85. The van der Waals surface area contributed by atoms with Crippen LogP contribution in [0.4, 0.5) is 0 Å². The predicted molar refractivity (Wildman–Crippen MR) is 149 cm³/mol. The number of hydrogen-bond acceptors (Lipinski definition) is 4. The molecule has 1 N–H and O–H groups in total. The molecule has 0 aliphatic heterocycles. The number of hydrogen-bond donors (Lipinski definition) is 1. The van der Waals surface area contributed by atoms with Gasteiger partial charge in [-0.05, 0) is 74.9 Å². The number of rotatable bonds is 5. The smallest absolute Gasteiger partial charge is 0.333 e. The predicted octanol–water partition coefficient (Wildman–Crippen LogP) is 5.02. The molecule has 0 spiro atoms. The van der Waals surface area contributed by atoms with Gasteiger partial charge in [-0.3, -0.25) is 18.9 Å². The number of carbonyl (C=O) groups excluding carboxylic acids is 1. The first-order valence-electron chi connectivity index (χ1n) is 12.9. The molecule has 1 fully saturated rings. The van der Waals surface area contributed by atoms with Crippen molar-refractivity contribution in [2.24, 2.45) is 13.0 Å². The van der Waals surface area contributed by atoms with Gasteiger partial charge in [0.15, 0.2) is 0 Å². The molecule has 0 saturated heterocycles.